The van der Waals surface area contributed by atoms with Crippen LogP contribution in [0.2, 0.25) is 13.1 Å². The summed E-state index contributed by atoms with van der Waals surface area (Å²) in [5, 5.41) is 9.65. The summed E-state index contributed by atoms with van der Waals surface area (Å²) in [4.78, 5) is 15.8. The molecule has 0 saturated carbocycles. The normalized spacial score (nSPS) is 13.1. The van der Waals surface area contributed by atoms with Gasteiger partial charge in [0.25, 0.3) is 0 Å². The van der Waals surface area contributed by atoms with Crippen LogP contribution in [-0.2, 0) is 0 Å². The second kappa shape index (κ2) is 11.7. The second-order valence-electron chi connectivity index (χ2n) is 14.8. The molecular weight excluding hydrogens is 675 g/mol. The smallest absolute Gasteiger partial charge is 0.164 e. The summed E-state index contributed by atoms with van der Waals surface area (Å²) in [5.74, 6) is 1.91. The number of hydrogen-bond donors (Lipinski definition) is 0. The molecule has 10 aromatic rings. The summed E-state index contributed by atoms with van der Waals surface area (Å²) >= 11 is 0. The number of fused-ring (bicyclic) bond motifs is 9. The number of para-hydroxylation sites is 1. The fraction of sp³-hybridized carbons (Fsp3) is 0.0408. The lowest BCUT2D eigenvalue weighted by Crippen LogP contribution is -2.49. The Morgan fingerprint density at radius 2 is 0.981 bits per heavy atom. The molecule has 8 aromatic carbocycles. The fourth-order valence-electron chi connectivity index (χ4n) is 8.49. The monoisotopic (exact) mass is 707 g/mol. The van der Waals surface area contributed by atoms with Crippen LogP contribution in [0.15, 0.2) is 168 Å². The number of benzene rings is 8. The Morgan fingerprint density at radius 3 is 1.74 bits per heavy atom. The Hall–Kier alpha value is -6.69. The average molecular weight is 708 g/mol. The molecule has 0 unspecified atom stereocenters. The Labute approximate surface area is 313 Å². The van der Waals surface area contributed by atoms with E-state index in [2.05, 4.69) is 171 Å². The summed E-state index contributed by atoms with van der Waals surface area (Å²) in [6, 6.07) is 58.1. The van der Waals surface area contributed by atoms with Crippen LogP contribution in [-0.4, -0.2) is 23.0 Å². The molecule has 0 amide bonds. The van der Waals surface area contributed by atoms with Crippen LogP contribution in [0.3, 0.4) is 0 Å². The van der Waals surface area contributed by atoms with Crippen molar-refractivity contribution >= 4 is 61.9 Å². The molecule has 0 aliphatic carbocycles. The third-order valence-corrected chi connectivity index (χ3v) is 14.8. The largest absolute Gasteiger partial charge is 0.455 e. The summed E-state index contributed by atoms with van der Waals surface area (Å²) in [7, 11) is -2.08. The van der Waals surface area contributed by atoms with Crippen LogP contribution >= 0.6 is 0 Å². The second-order valence-corrected chi connectivity index (χ2v) is 19.2. The number of furan rings is 1. The Morgan fingerprint density at radius 1 is 0.426 bits per heavy atom. The van der Waals surface area contributed by atoms with E-state index in [0.29, 0.717) is 17.5 Å². The zero-order chi connectivity index (χ0) is 36.0. The Kier molecular flexibility index (Phi) is 6.67. The molecule has 54 heavy (non-hydrogen) atoms. The van der Waals surface area contributed by atoms with Crippen molar-refractivity contribution in [1.82, 2.24) is 15.0 Å². The van der Waals surface area contributed by atoms with E-state index in [1.165, 1.54) is 43.2 Å². The zero-order valence-electron chi connectivity index (χ0n) is 29.8. The van der Waals surface area contributed by atoms with Crippen molar-refractivity contribution in [3.63, 3.8) is 0 Å². The molecule has 254 valence electrons. The molecular formula is C49H33N3OSi. The highest BCUT2D eigenvalue weighted by Gasteiger charge is 2.40. The number of aromatic nitrogens is 3. The van der Waals surface area contributed by atoms with Gasteiger partial charge in [-0.15, -0.1) is 0 Å². The molecule has 0 fully saturated rings. The highest BCUT2D eigenvalue weighted by atomic mass is 28.3. The van der Waals surface area contributed by atoms with Crippen molar-refractivity contribution in [2.24, 2.45) is 0 Å². The average Bonchev–Trinajstić information content (AvgIpc) is 3.72. The maximum atomic E-state index is 6.82. The SMILES string of the molecule is C[Si]1(C)c2ccccc2-c2c1cc(-c1nc(-c3ccc(-c4ccc5ccccc5c4)cc3)nc(-c3ccc4ccccc4c3)n1)c1c2oc2ccccc21. The van der Waals surface area contributed by atoms with Crippen molar-refractivity contribution in [3.05, 3.63) is 164 Å². The van der Waals surface area contributed by atoms with Gasteiger partial charge in [-0.25, -0.2) is 15.0 Å². The molecule has 0 saturated heterocycles. The minimum atomic E-state index is -2.08. The van der Waals surface area contributed by atoms with Gasteiger partial charge in [-0.2, -0.15) is 0 Å². The summed E-state index contributed by atoms with van der Waals surface area (Å²) in [6.45, 7) is 4.87. The van der Waals surface area contributed by atoms with Gasteiger partial charge in [0.1, 0.15) is 19.2 Å². The standard InChI is InChI=1S/C49H33N3OSi/c1-54(2)42-18-10-8-16-39(42)45-43(54)29-40(44-38-15-7-9-17-41(38)53-46(44)45)49-51-47(50-48(52-49)37-26-22-31-12-4-6-14-35(31)28-37)33-23-19-32(20-24-33)36-25-21-30-11-3-5-13-34(30)27-36/h3-29H,1-2H3. The molecule has 0 atom stereocenters. The van der Waals surface area contributed by atoms with Gasteiger partial charge in [-0.3, -0.25) is 0 Å². The van der Waals surface area contributed by atoms with Crippen molar-refractivity contribution in [3.8, 4) is 56.4 Å². The predicted molar refractivity (Wildman–Crippen MR) is 226 cm³/mol. The lowest BCUT2D eigenvalue weighted by Gasteiger charge is -2.19. The first-order chi connectivity index (χ1) is 26.5. The van der Waals surface area contributed by atoms with Crippen LogP contribution in [0.4, 0.5) is 0 Å². The van der Waals surface area contributed by atoms with E-state index in [0.717, 1.165) is 49.6 Å². The molecule has 5 heteroatoms. The van der Waals surface area contributed by atoms with E-state index in [4.69, 9.17) is 19.4 Å². The van der Waals surface area contributed by atoms with Gasteiger partial charge < -0.3 is 4.42 Å². The first-order valence-electron chi connectivity index (χ1n) is 18.4. The van der Waals surface area contributed by atoms with E-state index in [1.54, 1.807) is 0 Å². The Balaban J connectivity index is 1.15. The van der Waals surface area contributed by atoms with Crippen LogP contribution in [0, 0.1) is 0 Å². The van der Waals surface area contributed by atoms with E-state index >= 15 is 0 Å². The summed E-state index contributed by atoms with van der Waals surface area (Å²) in [6.07, 6.45) is 0. The quantitative estimate of drug-likeness (QED) is 0.171. The van der Waals surface area contributed by atoms with Gasteiger partial charge in [0.2, 0.25) is 0 Å². The molecule has 0 N–H and O–H groups in total. The third kappa shape index (κ3) is 4.72. The van der Waals surface area contributed by atoms with E-state index in [-0.39, 0.29) is 0 Å². The lowest BCUT2D eigenvalue weighted by atomic mass is 9.98. The van der Waals surface area contributed by atoms with Crippen molar-refractivity contribution in [2.75, 3.05) is 0 Å². The third-order valence-electron chi connectivity index (χ3n) is 11.3. The molecule has 0 spiro atoms. The van der Waals surface area contributed by atoms with Crippen molar-refractivity contribution in [1.29, 1.82) is 0 Å². The topological polar surface area (TPSA) is 51.8 Å². The highest BCUT2D eigenvalue weighted by molar-refractivity contribution is 7.04. The van der Waals surface area contributed by atoms with E-state index in [9.17, 15) is 0 Å². The predicted octanol–water partition coefficient (Wildman–Crippen LogP) is 11.5. The van der Waals surface area contributed by atoms with Crippen LogP contribution in [0.1, 0.15) is 0 Å². The Bertz CT molecular complexity index is 3140. The zero-order valence-corrected chi connectivity index (χ0v) is 30.8. The van der Waals surface area contributed by atoms with Gasteiger partial charge in [0.15, 0.2) is 17.5 Å². The fourth-order valence-corrected chi connectivity index (χ4v) is 11.6. The summed E-state index contributed by atoms with van der Waals surface area (Å²) in [5.41, 5.74) is 9.43. The minimum Gasteiger partial charge on any atom is -0.455 e. The number of nitrogens with zero attached hydrogens (tertiary/aromatic N) is 3. The molecule has 2 aromatic heterocycles. The van der Waals surface area contributed by atoms with Gasteiger partial charge in [0, 0.05) is 33.0 Å². The highest BCUT2D eigenvalue weighted by Crippen LogP contribution is 2.43. The van der Waals surface area contributed by atoms with Gasteiger partial charge >= 0.3 is 0 Å². The molecule has 0 bridgehead atoms. The molecule has 1 aliphatic heterocycles. The molecule has 11 rings (SSSR count). The number of rotatable bonds is 4. The van der Waals surface area contributed by atoms with E-state index in [1.807, 2.05) is 6.07 Å². The molecule has 1 aliphatic rings. The van der Waals surface area contributed by atoms with Gasteiger partial charge in [-0.05, 0) is 72.9 Å². The first-order valence-corrected chi connectivity index (χ1v) is 21.4. The minimum absolute atomic E-state index is 0.634. The molecule has 4 nitrogen and oxygen atoms in total. The molecule has 3 heterocycles. The summed E-state index contributed by atoms with van der Waals surface area (Å²) < 4.78 is 6.82. The first kappa shape index (κ1) is 30.9. The van der Waals surface area contributed by atoms with E-state index < -0.39 is 8.07 Å². The van der Waals surface area contributed by atoms with Crippen LogP contribution < -0.4 is 10.4 Å². The van der Waals surface area contributed by atoms with Crippen LogP contribution in [0.25, 0.3) is 99.9 Å². The van der Waals surface area contributed by atoms with Crippen molar-refractivity contribution in [2.45, 2.75) is 13.1 Å². The van der Waals surface area contributed by atoms with Crippen molar-refractivity contribution < 1.29 is 4.42 Å². The maximum absolute atomic E-state index is 6.82. The maximum Gasteiger partial charge on any atom is 0.164 e. The lowest BCUT2D eigenvalue weighted by molar-refractivity contribution is 0.670. The van der Waals surface area contributed by atoms with Gasteiger partial charge in [-0.1, -0.05) is 153 Å². The van der Waals surface area contributed by atoms with Gasteiger partial charge in [0.05, 0.1) is 0 Å². The number of hydrogen-bond acceptors (Lipinski definition) is 4. The van der Waals surface area contributed by atoms with Crippen LogP contribution in [0.5, 0.6) is 0 Å². The molecule has 0 radical (unpaired) electrons.